The van der Waals surface area contributed by atoms with E-state index in [-0.39, 0.29) is 17.7 Å². The van der Waals surface area contributed by atoms with Gasteiger partial charge in [0.15, 0.2) is 11.0 Å². The Kier molecular flexibility index (Phi) is 6.44. The van der Waals surface area contributed by atoms with Crippen molar-refractivity contribution < 1.29 is 9.59 Å². The highest BCUT2D eigenvalue weighted by Gasteiger charge is 2.29. The molecule has 1 saturated carbocycles. The number of rotatable bonds is 5. The van der Waals surface area contributed by atoms with Crippen molar-refractivity contribution in [2.24, 2.45) is 5.92 Å². The monoisotopic (exact) mass is 388 g/mol. The van der Waals surface area contributed by atoms with Gasteiger partial charge in [-0.05, 0) is 30.9 Å². The lowest BCUT2D eigenvalue weighted by Gasteiger charge is -2.31. The molecule has 8 nitrogen and oxygen atoms in total. The number of amides is 3. The van der Waals surface area contributed by atoms with Gasteiger partial charge in [-0.15, -0.1) is 10.2 Å². The number of nitrogens with one attached hydrogen (secondary N) is 2. The number of pyridine rings is 1. The quantitative estimate of drug-likeness (QED) is 0.764. The third-order valence-electron chi connectivity index (χ3n) is 4.79. The predicted octanol–water partition coefficient (Wildman–Crippen LogP) is 2.64. The standard InChI is InChI=1S/C18H24N6O2S/c1-12-6-3-4-8-14(12)24-16(13-7-5-9-20-10-13)22-23-18(24)27-11-15(25)21-17(26)19-2/h5,7,9-10,12,14H,3-4,6,8,11H2,1-2H3,(H2,19,21,25,26). The van der Waals surface area contributed by atoms with Crippen molar-refractivity contribution in [2.45, 2.75) is 43.8 Å². The first-order valence-electron chi connectivity index (χ1n) is 9.09. The number of aromatic nitrogens is 4. The fourth-order valence-corrected chi connectivity index (χ4v) is 4.19. The Morgan fingerprint density at radius 2 is 2.11 bits per heavy atom. The number of carbonyl (C=O) groups excluding carboxylic acids is 2. The number of nitrogens with zero attached hydrogens (tertiary/aromatic N) is 4. The highest BCUT2D eigenvalue weighted by Crippen LogP contribution is 2.38. The van der Waals surface area contributed by atoms with Gasteiger partial charge in [-0.2, -0.15) is 0 Å². The van der Waals surface area contributed by atoms with Crippen LogP contribution in [0.1, 0.15) is 38.6 Å². The van der Waals surface area contributed by atoms with Gasteiger partial charge in [-0.3, -0.25) is 19.7 Å². The van der Waals surface area contributed by atoms with E-state index >= 15 is 0 Å². The lowest BCUT2D eigenvalue weighted by atomic mass is 9.85. The van der Waals surface area contributed by atoms with E-state index in [1.54, 1.807) is 12.4 Å². The topological polar surface area (TPSA) is 102 Å². The molecule has 0 saturated heterocycles. The second-order valence-corrected chi connectivity index (χ2v) is 7.61. The molecule has 3 amide bonds. The van der Waals surface area contributed by atoms with Crippen LogP contribution in [0, 0.1) is 5.92 Å². The molecule has 2 atom stereocenters. The van der Waals surface area contributed by atoms with Crippen LogP contribution in [-0.2, 0) is 4.79 Å². The zero-order valence-electron chi connectivity index (χ0n) is 15.5. The van der Waals surface area contributed by atoms with E-state index in [2.05, 4.69) is 37.3 Å². The first-order chi connectivity index (χ1) is 13.1. The van der Waals surface area contributed by atoms with E-state index in [1.165, 1.54) is 31.7 Å². The third-order valence-corrected chi connectivity index (χ3v) is 5.74. The Balaban J connectivity index is 1.86. The molecule has 2 aromatic heterocycles. The van der Waals surface area contributed by atoms with Crippen LogP contribution in [-0.4, -0.2) is 44.5 Å². The van der Waals surface area contributed by atoms with Crippen molar-refractivity contribution in [3.63, 3.8) is 0 Å². The Bertz CT molecular complexity index is 794. The second kappa shape index (κ2) is 8.98. The van der Waals surface area contributed by atoms with Crippen LogP contribution in [0.15, 0.2) is 29.7 Å². The Hall–Kier alpha value is -2.42. The molecule has 144 valence electrons. The molecule has 2 unspecified atom stereocenters. The third kappa shape index (κ3) is 4.65. The Morgan fingerprint density at radius 3 is 2.81 bits per heavy atom. The fraction of sp³-hybridized carbons (Fsp3) is 0.500. The number of hydrogen-bond acceptors (Lipinski definition) is 6. The zero-order chi connectivity index (χ0) is 19.2. The van der Waals surface area contributed by atoms with Gasteiger partial charge in [0, 0.05) is 31.0 Å². The van der Waals surface area contributed by atoms with Crippen LogP contribution in [0.5, 0.6) is 0 Å². The minimum Gasteiger partial charge on any atom is -0.341 e. The molecule has 0 aromatic carbocycles. The summed E-state index contributed by atoms with van der Waals surface area (Å²) in [5.41, 5.74) is 0.907. The molecular formula is C18H24N6O2S. The molecular weight excluding hydrogens is 364 g/mol. The van der Waals surface area contributed by atoms with Gasteiger partial charge >= 0.3 is 6.03 Å². The van der Waals surface area contributed by atoms with Crippen LogP contribution in [0.4, 0.5) is 4.79 Å². The summed E-state index contributed by atoms with van der Waals surface area (Å²) in [6.45, 7) is 2.25. The number of hydrogen-bond donors (Lipinski definition) is 2. The number of thioether (sulfide) groups is 1. The highest BCUT2D eigenvalue weighted by molar-refractivity contribution is 7.99. The zero-order valence-corrected chi connectivity index (χ0v) is 16.3. The van der Waals surface area contributed by atoms with Gasteiger partial charge in [-0.1, -0.05) is 31.5 Å². The minimum atomic E-state index is -0.515. The maximum atomic E-state index is 12.0. The van der Waals surface area contributed by atoms with Crippen LogP contribution in [0.3, 0.4) is 0 Å². The average Bonchev–Trinajstić information content (AvgIpc) is 3.11. The molecule has 27 heavy (non-hydrogen) atoms. The summed E-state index contributed by atoms with van der Waals surface area (Å²) in [5.74, 6) is 1.01. The maximum Gasteiger partial charge on any atom is 0.321 e. The first-order valence-corrected chi connectivity index (χ1v) is 10.1. The molecule has 0 radical (unpaired) electrons. The van der Waals surface area contributed by atoms with Gasteiger partial charge in [0.2, 0.25) is 5.91 Å². The van der Waals surface area contributed by atoms with E-state index in [4.69, 9.17) is 0 Å². The van der Waals surface area contributed by atoms with Gasteiger partial charge < -0.3 is 5.32 Å². The van der Waals surface area contributed by atoms with Crippen molar-refractivity contribution in [3.8, 4) is 11.4 Å². The second-order valence-electron chi connectivity index (χ2n) is 6.66. The van der Waals surface area contributed by atoms with Crippen molar-refractivity contribution in [1.29, 1.82) is 0 Å². The molecule has 2 aromatic rings. The number of urea groups is 1. The van der Waals surface area contributed by atoms with Gasteiger partial charge in [0.05, 0.1) is 5.75 Å². The molecule has 1 aliphatic rings. The van der Waals surface area contributed by atoms with Gasteiger partial charge in [-0.25, -0.2) is 4.79 Å². The molecule has 0 aliphatic heterocycles. The SMILES string of the molecule is CNC(=O)NC(=O)CSc1nnc(-c2cccnc2)n1C1CCCCC1C. The fourth-order valence-electron chi connectivity index (χ4n) is 3.40. The summed E-state index contributed by atoms with van der Waals surface area (Å²) in [6.07, 6.45) is 8.13. The molecule has 9 heteroatoms. The normalized spacial score (nSPS) is 19.5. The van der Waals surface area contributed by atoms with Gasteiger partial charge in [0.1, 0.15) is 0 Å². The molecule has 2 heterocycles. The predicted molar refractivity (Wildman–Crippen MR) is 103 cm³/mol. The van der Waals surface area contributed by atoms with Crippen LogP contribution >= 0.6 is 11.8 Å². The van der Waals surface area contributed by atoms with Crippen LogP contribution in [0.2, 0.25) is 0 Å². The summed E-state index contributed by atoms with van der Waals surface area (Å²) in [5, 5.41) is 14.1. The van der Waals surface area contributed by atoms with E-state index in [0.717, 1.165) is 24.2 Å². The average molecular weight is 388 g/mol. The highest BCUT2D eigenvalue weighted by atomic mass is 32.2. The maximum absolute atomic E-state index is 12.0. The number of carbonyl (C=O) groups is 2. The molecule has 1 aliphatic carbocycles. The van der Waals surface area contributed by atoms with Crippen LogP contribution < -0.4 is 10.6 Å². The van der Waals surface area contributed by atoms with Crippen molar-refractivity contribution in [2.75, 3.05) is 12.8 Å². The lowest BCUT2D eigenvalue weighted by Crippen LogP contribution is -2.38. The van der Waals surface area contributed by atoms with E-state index in [9.17, 15) is 9.59 Å². The molecule has 2 N–H and O–H groups in total. The summed E-state index contributed by atoms with van der Waals surface area (Å²) in [4.78, 5) is 27.4. The van der Waals surface area contributed by atoms with Crippen molar-refractivity contribution in [1.82, 2.24) is 30.4 Å². The van der Waals surface area contributed by atoms with E-state index in [1.807, 2.05) is 12.1 Å². The molecule has 1 fully saturated rings. The molecule has 0 bridgehead atoms. The summed E-state index contributed by atoms with van der Waals surface area (Å²) in [7, 11) is 1.47. The van der Waals surface area contributed by atoms with Gasteiger partial charge in [0.25, 0.3) is 0 Å². The molecule has 0 spiro atoms. The summed E-state index contributed by atoms with van der Waals surface area (Å²) < 4.78 is 2.15. The van der Waals surface area contributed by atoms with Crippen LogP contribution in [0.25, 0.3) is 11.4 Å². The number of imide groups is 1. The van der Waals surface area contributed by atoms with E-state index in [0.29, 0.717) is 11.1 Å². The summed E-state index contributed by atoms with van der Waals surface area (Å²) >= 11 is 1.30. The smallest absolute Gasteiger partial charge is 0.321 e. The van der Waals surface area contributed by atoms with Crippen molar-refractivity contribution in [3.05, 3.63) is 24.5 Å². The first kappa shape index (κ1) is 19.3. The lowest BCUT2D eigenvalue weighted by molar-refractivity contribution is -0.117. The molecule has 3 rings (SSSR count). The largest absolute Gasteiger partial charge is 0.341 e. The van der Waals surface area contributed by atoms with Crippen molar-refractivity contribution >= 4 is 23.7 Å². The minimum absolute atomic E-state index is 0.0969. The Morgan fingerprint density at radius 1 is 1.30 bits per heavy atom. The van der Waals surface area contributed by atoms with E-state index < -0.39 is 6.03 Å². The Labute approximate surface area is 162 Å². The summed E-state index contributed by atoms with van der Waals surface area (Å²) in [6, 6.07) is 3.61.